The summed E-state index contributed by atoms with van der Waals surface area (Å²) in [6.45, 7) is 7.51. The summed E-state index contributed by atoms with van der Waals surface area (Å²) in [4.78, 5) is 12.2. The number of hydrogen-bond acceptors (Lipinski definition) is 2. The van der Waals surface area contributed by atoms with Crippen molar-refractivity contribution in [3.05, 3.63) is 35.9 Å². The lowest BCUT2D eigenvalue weighted by molar-refractivity contribution is -0.135. The molecule has 3 heteroatoms. The molecule has 0 radical (unpaired) electrons. The molecule has 1 aromatic rings. The molecule has 136 valence electrons. The van der Waals surface area contributed by atoms with E-state index in [1.54, 1.807) is 0 Å². The monoisotopic (exact) mass is 341 g/mol. The highest BCUT2D eigenvalue weighted by Crippen LogP contribution is 2.68. The molecular formula is C22H31NO2. The van der Waals surface area contributed by atoms with Gasteiger partial charge in [0, 0.05) is 19.1 Å². The van der Waals surface area contributed by atoms with Crippen molar-refractivity contribution in [3.8, 4) is 0 Å². The van der Waals surface area contributed by atoms with Gasteiger partial charge in [-0.05, 0) is 53.9 Å². The molecule has 3 fully saturated rings. The molecule has 4 rings (SSSR count). The number of hydrogen-bond donors (Lipinski definition) is 1. The minimum atomic E-state index is 0.190. The second kappa shape index (κ2) is 6.12. The van der Waals surface area contributed by atoms with Gasteiger partial charge in [0.25, 0.3) is 0 Å². The van der Waals surface area contributed by atoms with Crippen LogP contribution in [0.2, 0.25) is 0 Å². The quantitative estimate of drug-likeness (QED) is 0.900. The molecular weight excluding hydrogens is 310 g/mol. The van der Waals surface area contributed by atoms with Gasteiger partial charge in [-0.3, -0.25) is 4.79 Å². The highest BCUT2D eigenvalue weighted by atomic mass is 16.5. The normalized spacial score (nSPS) is 38.4. The number of carbonyl (C=O) groups excluding carboxylic acids is 1. The van der Waals surface area contributed by atoms with Gasteiger partial charge in [0.15, 0.2) is 0 Å². The second-order valence-electron chi connectivity index (χ2n) is 9.00. The van der Waals surface area contributed by atoms with Gasteiger partial charge in [0.05, 0.1) is 6.10 Å². The molecule has 2 bridgehead atoms. The zero-order chi connectivity index (χ0) is 17.7. The third kappa shape index (κ3) is 2.63. The number of rotatable bonds is 4. The molecule has 3 nitrogen and oxygen atoms in total. The van der Waals surface area contributed by atoms with Crippen molar-refractivity contribution in [1.82, 2.24) is 5.32 Å². The lowest BCUT2D eigenvalue weighted by Gasteiger charge is -2.53. The van der Waals surface area contributed by atoms with Gasteiger partial charge in [0.1, 0.15) is 0 Å². The standard InChI is InChI=1S/C22H31NO2/c1-4-19(24)23-20-21(2,3)16-13-17-18(12-15-8-6-5-7-9-15)25-11-10-22(17,20)14-16/h5-9,16-18,20H,4,10-14H2,1-3H3,(H,23,24)/t16-,17-,18-,20-,22-/m1/s1. The van der Waals surface area contributed by atoms with E-state index in [-0.39, 0.29) is 16.7 Å². The Hall–Kier alpha value is -1.35. The molecule has 1 amide bonds. The smallest absolute Gasteiger partial charge is 0.219 e. The zero-order valence-electron chi connectivity index (χ0n) is 15.8. The van der Waals surface area contributed by atoms with Crippen LogP contribution in [-0.4, -0.2) is 24.7 Å². The van der Waals surface area contributed by atoms with E-state index < -0.39 is 0 Å². The molecule has 1 heterocycles. The van der Waals surface area contributed by atoms with Crippen LogP contribution in [0.4, 0.5) is 0 Å². The average Bonchev–Trinajstić information content (AvgIpc) is 3.09. The molecule has 25 heavy (non-hydrogen) atoms. The number of nitrogens with one attached hydrogen (secondary N) is 1. The molecule has 1 saturated heterocycles. The maximum atomic E-state index is 12.2. The molecule has 2 saturated carbocycles. The lowest BCUT2D eigenvalue weighted by Crippen LogP contribution is -2.60. The lowest BCUT2D eigenvalue weighted by atomic mass is 9.59. The van der Waals surface area contributed by atoms with Gasteiger partial charge in [-0.25, -0.2) is 0 Å². The maximum Gasteiger partial charge on any atom is 0.219 e. The third-order valence-electron chi connectivity index (χ3n) is 7.53. The van der Waals surface area contributed by atoms with Crippen LogP contribution in [0.15, 0.2) is 30.3 Å². The Labute approximate surface area is 151 Å². The number of fused-ring (bicyclic) bond motifs is 1. The topological polar surface area (TPSA) is 38.3 Å². The van der Waals surface area contributed by atoms with Crippen LogP contribution in [0.25, 0.3) is 0 Å². The molecule has 0 aromatic heterocycles. The van der Waals surface area contributed by atoms with Gasteiger partial charge in [-0.2, -0.15) is 0 Å². The van der Waals surface area contributed by atoms with E-state index in [1.807, 2.05) is 6.92 Å². The van der Waals surface area contributed by atoms with Crippen LogP contribution in [-0.2, 0) is 16.0 Å². The summed E-state index contributed by atoms with van der Waals surface area (Å²) < 4.78 is 6.28. The Morgan fingerprint density at radius 3 is 2.76 bits per heavy atom. The van der Waals surface area contributed by atoms with Gasteiger partial charge in [-0.1, -0.05) is 51.1 Å². The first-order valence-electron chi connectivity index (χ1n) is 9.92. The second-order valence-corrected chi connectivity index (χ2v) is 9.00. The first-order chi connectivity index (χ1) is 12.0. The van der Waals surface area contributed by atoms with Crippen molar-refractivity contribution in [3.63, 3.8) is 0 Å². The van der Waals surface area contributed by atoms with Crippen molar-refractivity contribution in [2.75, 3.05) is 6.61 Å². The largest absolute Gasteiger partial charge is 0.378 e. The van der Waals surface area contributed by atoms with Crippen LogP contribution in [0.1, 0.15) is 52.0 Å². The average molecular weight is 341 g/mol. The summed E-state index contributed by atoms with van der Waals surface area (Å²) >= 11 is 0. The Morgan fingerprint density at radius 1 is 1.28 bits per heavy atom. The Bertz CT molecular complexity index is 641. The summed E-state index contributed by atoms with van der Waals surface area (Å²) in [6.07, 6.45) is 5.46. The van der Waals surface area contributed by atoms with Crippen molar-refractivity contribution in [1.29, 1.82) is 0 Å². The number of benzene rings is 1. The van der Waals surface area contributed by atoms with Crippen molar-refractivity contribution in [2.45, 2.75) is 65.0 Å². The predicted octanol–water partition coefficient (Wildman–Crippen LogP) is 3.97. The third-order valence-corrected chi connectivity index (χ3v) is 7.53. The van der Waals surface area contributed by atoms with Crippen molar-refractivity contribution in [2.24, 2.45) is 22.7 Å². The van der Waals surface area contributed by atoms with Crippen LogP contribution < -0.4 is 5.32 Å². The summed E-state index contributed by atoms with van der Waals surface area (Å²) in [5.74, 6) is 1.46. The van der Waals surface area contributed by atoms with E-state index in [4.69, 9.17) is 4.74 Å². The summed E-state index contributed by atoms with van der Waals surface area (Å²) in [6, 6.07) is 11.0. The van der Waals surface area contributed by atoms with Crippen molar-refractivity contribution < 1.29 is 9.53 Å². The van der Waals surface area contributed by atoms with Crippen LogP contribution in [0.3, 0.4) is 0 Å². The fraction of sp³-hybridized carbons (Fsp3) is 0.682. The van der Waals surface area contributed by atoms with Crippen LogP contribution in [0.5, 0.6) is 0 Å². The Balaban J connectivity index is 1.61. The predicted molar refractivity (Wildman–Crippen MR) is 99.2 cm³/mol. The zero-order valence-corrected chi connectivity index (χ0v) is 15.8. The highest BCUT2D eigenvalue weighted by molar-refractivity contribution is 5.76. The molecule has 1 aromatic carbocycles. The van der Waals surface area contributed by atoms with E-state index in [9.17, 15) is 4.79 Å². The molecule has 1 spiro atoms. The SMILES string of the molecule is CCC(=O)N[C@@H]1C(C)(C)[C@@H]2C[C@@H]3[C@@H](Cc4ccccc4)OCC[C@@]31C2. The summed E-state index contributed by atoms with van der Waals surface area (Å²) in [5, 5.41) is 3.43. The van der Waals surface area contributed by atoms with E-state index >= 15 is 0 Å². The number of amides is 1. The van der Waals surface area contributed by atoms with Gasteiger partial charge < -0.3 is 10.1 Å². The molecule has 1 N–H and O–H groups in total. The maximum absolute atomic E-state index is 12.2. The van der Waals surface area contributed by atoms with E-state index in [1.165, 1.54) is 18.4 Å². The van der Waals surface area contributed by atoms with Crippen LogP contribution in [0, 0.1) is 22.7 Å². The number of carbonyl (C=O) groups is 1. The minimum absolute atomic E-state index is 0.190. The highest BCUT2D eigenvalue weighted by Gasteiger charge is 2.68. The van der Waals surface area contributed by atoms with E-state index in [0.717, 1.165) is 19.4 Å². The molecule has 2 aliphatic carbocycles. The van der Waals surface area contributed by atoms with Gasteiger partial charge in [0.2, 0.25) is 5.91 Å². The molecule has 1 aliphatic heterocycles. The first kappa shape index (κ1) is 17.1. The fourth-order valence-electron chi connectivity index (χ4n) is 6.22. The van der Waals surface area contributed by atoms with Crippen molar-refractivity contribution >= 4 is 5.91 Å². The summed E-state index contributed by atoms with van der Waals surface area (Å²) in [5.41, 5.74) is 1.79. The van der Waals surface area contributed by atoms with Gasteiger partial charge >= 0.3 is 0 Å². The Morgan fingerprint density at radius 2 is 2.04 bits per heavy atom. The minimum Gasteiger partial charge on any atom is -0.378 e. The fourth-order valence-corrected chi connectivity index (χ4v) is 6.22. The van der Waals surface area contributed by atoms with E-state index in [2.05, 4.69) is 49.5 Å². The molecule has 3 aliphatic rings. The summed E-state index contributed by atoms with van der Waals surface area (Å²) in [7, 11) is 0. The van der Waals surface area contributed by atoms with Gasteiger partial charge in [-0.15, -0.1) is 0 Å². The first-order valence-corrected chi connectivity index (χ1v) is 9.92. The number of ether oxygens (including phenoxy) is 1. The van der Waals surface area contributed by atoms with E-state index in [0.29, 0.717) is 30.4 Å². The van der Waals surface area contributed by atoms with Crippen LogP contribution >= 0.6 is 0 Å². The molecule has 5 atom stereocenters. The molecule has 0 unspecified atom stereocenters. The Kier molecular flexibility index (Phi) is 4.18.